The van der Waals surface area contributed by atoms with E-state index in [-0.39, 0.29) is 17.9 Å². The van der Waals surface area contributed by atoms with Crippen LogP contribution in [0.1, 0.15) is 19.4 Å². The summed E-state index contributed by atoms with van der Waals surface area (Å²) in [4.78, 5) is 15.6. The van der Waals surface area contributed by atoms with Gasteiger partial charge in [-0.3, -0.25) is 0 Å². The minimum Gasteiger partial charge on any atom is -0.439 e. The van der Waals surface area contributed by atoms with Crippen LogP contribution < -0.4 is 15.4 Å². The molecular formula is C16H18FN3O2. The third kappa shape index (κ3) is 5.05. The van der Waals surface area contributed by atoms with E-state index in [1.165, 1.54) is 12.1 Å². The number of hydrogen-bond acceptors (Lipinski definition) is 3. The molecule has 0 saturated carbocycles. The Bertz CT molecular complexity index is 630. The smallest absolute Gasteiger partial charge is 0.315 e. The highest BCUT2D eigenvalue weighted by atomic mass is 19.1. The number of halogens is 1. The van der Waals surface area contributed by atoms with Gasteiger partial charge in [0.15, 0.2) is 0 Å². The molecule has 0 atom stereocenters. The fourth-order valence-electron chi connectivity index (χ4n) is 1.72. The fraction of sp³-hybridized carbons (Fsp3) is 0.250. The molecule has 1 heterocycles. The Kier molecular flexibility index (Phi) is 5.30. The maximum atomic E-state index is 13.1. The van der Waals surface area contributed by atoms with Crippen molar-refractivity contribution in [3.8, 4) is 11.6 Å². The number of aromatic nitrogens is 1. The van der Waals surface area contributed by atoms with Gasteiger partial charge in [-0.25, -0.2) is 14.2 Å². The highest BCUT2D eigenvalue weighted by Crippen LogP contribution is 2.19. The van der Waals surface area contributed by atoms with E-state index >= 15 is 0 Å². The number of carbonyl (C=O) groups is 1. The molecule has 0 spiro atoms. The highest BCUT2D eigenvalue weighted by Gasteiger charge is 2.04. The van der Waals surface area contributed by atoms with E-state index in [2.05, 4.69) is 15.6 Å². The van der Waals surface area contributed by atoms with Crippen LogP contribution in [0, 0.1) is 5.82 Å². The van der Waals surface area contributed by atoms with Crippen molar-refractivity contribution in [2.24, 2.45) is 0 Å². The number of nitrogens with one attached hydrogen (secondary N) is 2. The minimum atomic E-state index is -0.366. The number of benzene rings is 1. The standard InChI is InChI=1S/C16H18FN3O2/c1-11(2)20-16(21)19-10-12-6-7-15(18-9-12)22-14-5-3-4-13(17)8-14/h3-9,11H,10H2,1-2H3,(H2,19,20,21). The van der Waals surface area contributed by atoms with Gasteiger partial charge in [0.1, 0.15) is 11.6 Å². The van der Waals surface area contributed by atoms with Crippen LogP contribution in [-0.2, 0) is 6.54 Å². The van der Waals surface area contributed by atoms with Gasteiger partial charge in [-0.2, -0.15) is 0 Å². The lowest BCUT2D eigenvalue weighted by Crippen LogP contribution is -2.39. The van der Waals surface area contributed by atoms with E-state index in [0.717, 1.165) is 5.56 Å². The van der Waals surface area contributed by atoms with Crippen LogP contribution in [0.2, 0.25) is 0 Å². The van der Waals surface area contributed by atoms with Gasteiger partial charge < -0.3 is 15.4 Å². The van der Waals surface area contributed by atoms with Crippen molar-refractivity contribution in [3.05, 3.63) is 54.0 Å². The molecule has 1 aromatic carbocycles. The van der Waals surface area contributed by atoms with Crippen molar-refractivity contribution in [2.45, 2.75) is 26.4 Å². The summed E-state index contributed by atoms with van der Waals surface area (Å²) in [7, 11) is 0. The Labute approximate surface area is 128 Å². The highest BCUT2D eigenvalue weighted by molar-refractivity contribution is 5.74. The Hall–Kier alpha value is -2.63. The summed E-state index contributed by atoms with van der Waals surface area (Å²) in [6.07, 6.45) is 1.60. The van der Waals surface area contributed by atoms with E-state index in [1.54, 1.807) is 30.5 Å². The third-order valence-electron chi connectivity index (χ3n) is 2.69. The predicted molar refractivity (Wildman–Crippen MR) is 81.2 cm³/mol. The maximum absolute atomic E-state index is 13.1. The SMILES string of the molecule is CC(C)NC(=O)NCc1ccc(Oc2cccc(F)c2)nc1. The molecule has 0 bridgehead atoms. The quantitative estimate of drug-likeness (QED) is 0.891. The van der Waals surface area contributed by atoms with E-state index in [4.69, 9.17) is 4.74 Å². The third-order valence-corrected chi connectivity index (χ3v) is 2.69. The molecule has 2 rings (SSSR count). The summed E-state index contributed by atoms with van der Waals surface area (Å²) >= 11 is 0. The van der Waals surface area contributed by atoms with Crippen LogP contribution in [0.5, 0.6) is 11.6 Å². The predicted octanol–water partition coefficient (Wildman–Crippen LogP) is 3.22. The summed E-state index contributed by atoms with van der Waals surface area (Å²) in [6, 6.07) is 9.16. The van der Waals surface area contributed by atoms with Gasteiger partial charge in [0.25, 0.3) is 0 Å². The van der Waals surface area contributed by atoms with Crippen LogP contribution in [0.15, 0.2) is 42.6 Å². The Balaban J connectivity index is 1.89. The summed E-state index contributed by atoms with van der Waals surface area (Å²) in [5.41, 5.74) is 0.838. The minimum absolute atomic E-state index is 0.0835. The Morgan fingerprint density at radius 2 is 2.14 bits per heavy atom. The molecule has 0 radical (unpaired) electrons. The first-order valence-corrected chi connectivity index (χ1v) is 6.95. The second kappa shape index (κ2) is 7.40. The van der Waals surface area contributed by atoms with Crippen LogP contribution in [0.4, 0.5) is 9.18 Å². The number of urea groups is 1. The first-order valence-electron chi connectivity index (χ1n) is 6.95. The summed E-state index contributed by atoms with van der Waals surface area (Å²) in [5, 5.41) is 5.46. The van der Waals surface area contributed by atoms with Crippen molar-refractivity contribution in [2.75, 3.05) is 0 Å². The van der Waals surface area contributed by atoms with E-state index in [9.17, 15) is 9.18 Å². The number of carbonyl (C=O) groups excluding carboxylic acids is 1. The van der Waals surface area contributed by atoms with Gasteiger partial charge in [0, 0.05) is 30.9 Å². The van der Waals surface area contributed by atoms with Gasteiger partial charge in [0.2, 0.25) is 5.88 Å². The summed E-state index contributed by atoms with van der Waals surface area (Å²) in [6.45, 7) is 4.14. The number of ether oxygens (including phenoxy) is 1. The monoisotopic (exact) mass is 303 g/mol. The topological polar surface area (TPSA) is 63.2 Å². The first-order chi connectivity index (χ1) is 10.5. The van der Waals surface area contributed by atoms with Gasteiger partial charge >= 0.3 is 6.03 Å². The Morgan fingerprint density at radius 1 is 1.32 bits per heavy atom. The summed E-state index contributed by atoms with van der Waals surface area (Å²) in [5.74, 6) is 0.380. The fourth-order valence-corrected chi connectivity index (χ4v) is 1.72. The molecule has 22 heavy (non-hydrogen) atoms. The molecule has 0 aliphatic heterocycles. The largest absolute Gasteiger partial charge is 0.439 e. The lowest BCUT2D eigenvalue weighted by molar-refractivity contribution is 0.238. The zero-order valence-electron chi connectivity index (χ0n) is 12.5. The molecule has 2 N–H and O–H groups in total. The average molecular weight is 303 g/mol. The van der Waals surface area contributed by atoms with E-state index in [0.29, 0.717) is 18.2 Å². The van der Waals surface area contributed by atoms with Gasteiger partial charge in [0.05, 0.1) is 0 Å². The molecule has 116 valence electrons. The second-order valence-electron chi connectivity index (χ2n) is 5.05. The van der Waals surface area contributed by atoms with E-state index < -0.39 is 0 Å². The van der Waals surface area contributed by atoms with Gasteiger partial charge in [-0.05, 0) is 31.5 Å². The van der Waals surface area contributed by atoms with E-state index in [1.807, 2.05) is 13.8 Å². The van der Waals surface area contributed by atoms with Crippen molar-refractivity contribution >= 4 is 6.03 Å². The molecule has 1 aromatic heterocycles. The van der Waals surface area contributed by atoms with Crippen LogP contribution in [-0.4, -0.2) is 17.1 Å². The van der Waals surface area contributed by atoms with Crippen LogP contribution >= 0.6 is 0 Å². The van der Waals surface area contributed by atoms with Crippen molar-refractivity contribution in [1.29, 1.82) is 0 Å². The molecule has 0 fully saturated rings. The molecule has 0 saturated heterocycles. The maximum Gasteiger partial charge on any atom is 0.315 e. The lowest BCUT2D eigenvalue weighted by atomic mass is 10.3. The van der Waals surface area contributed by atoms with Gasteiger partial charge in [-0.15, -0.1) is 0 Å². The number of pyridine rings is 1. The van der Waals surface area contributed by atoms with Gasteiger partial charge in [-0.1, -0.05) is 12.1 Å². The molecule has 5 nitrogen and oxygen atoms in total. The van der Waals surface area contributed by atoms with Crippen molar-refractivity contribution in [3.63, 3.8) is 0 Å². The molecular weight excluding hydrogens is 285 g/mol. The molecule has 0 aliphatic rings. The lowest BCUT2D eigenvalue weighted by Gasteiger charge is -2.10. The molecule has 2 amide bonds. The zero-order valence-corrected chi connectivity index (χ0v) is 12.5. The molecule has 0 aliphatic carbocycles. The van der Waals surface area contributed by atoms with Crippen LogP contribution in [0.25, 0.3) is 0 Å². The average Bonchev–Trinajstić information content (AvgIpc) is 2.46. The Morgan fingerprint density at radius 3 is 2.77 bits per heavy atom. The molecule has 0 unspecified atom stereocenters. The molecule has 6 heteroatoms. The number of rotatable bonds is 5. The van der Waals surface area contributed by atoms with Crippen molar-refractivity contribution < 1.29 is 13.9 Å². The summed E-state index contributed by atoms with van der Waals surface area (Å²) < 4.78 is 18.5. The zero-order chi connectivity index (χ0) is 15.9. The number of nitrogens with zero attached hydrogens (tertiary/aromatic N) is 1. The van der Waals surface area contributed by atoms with Crippen molar-refractivity contribution in [1.82, 2.24) is 15.6 Å². The number of amides is 2. The van der Waals surface area contributed by atoms with Crippen LogP contribution in [0.3, 0.4) is 0 Å². The second-order valence-corrected chi connectivity index (χ2v) is 5.05. The molecule has 2 aromatic rings. The number of hydrogen-bond donors (Lipinski definition) is 2. The first kappa shape index (κ1) is 15.8. The normalized spacial score (nSPS) is 10.4.